The molecule has 0 fully saturated rings. The monoisotopic (exact) mass is 304 g/mol. The SMILES string of the molecule is CN(C)C(=O)c1ccc(NCC(C)(C)c2cccs2)nn1. The van der Waals surface area contributed by atoms with Crippen LogP contribution in [-0.2, 0) is 5.41 Å². The Morgan fingerprint density at radius 2 is 2.05 bits per heavy atom. The number of nitrogens with one attached hydrogen (secondary N) is 1. The van der Waals surface area contributed by atoms with E-state index in [-0.39, 0.29) is 11.3 Å². The van der Waals surface area contributed by atoms with Crippen molar-refractivity contribution in [3.63, 3.8) is 0 Å². The van der Waals surface area contributed by atoms with Crippen LogP contribution < -0.4 is 5.32 Å². The summed E-state index contributed by atoms with van der Waals surface area (Å²) in [6.45, 7) is 5.12. The summed E-state index contributed by atoms with van der Waals surface area (Å²) in [7, 11) is 3.39. The Bertz CT molecular complexity index is 591. The molecule has 0 spiro atoms. The molecular weight excluding hydrogens is 284 g/mol. The van der Waals surface area contributed by atoms with E-state index >= 15 is 0 Å². The molecule has 2 aromatic rings. The van der Waals surface area contributed by atoms with E-state index in [1.807, 2.05) is 0 Å². The molecule has 112 valence electrons. The van der Waals surface area contributed by atoms with E-state index in [0.717, 1.165) is 6.54 Å². The molecule has 0 saturated carbocycles. The van der Waals surface area contributed by atoms with Gasteiger partial charge in [0, 0.05) is 30.9 Å². The summed E-state index contributed by atoms with van der Waals surface area (Å²) >= 11 is 1.75. The minimum atomic E-state index is -0.145. The molecule has 1 amide bonds. The third-order valence-corrected chi connectivity index (χ3v) is 4.43. The predicted molar refractivity (Wildman–Crippen MR) is 85.9 cm³/mol. The van der Waals surface area contributed by atoms with Gasteiger partial charge in [-0.3, -0.25) is 4.79 Å². The fourth-order valence-corrected chi connectivity index (χ4v) is 2.68. The summed E-state index contributed by atoms with van der Waals surface area (Å²) in [5, 5.41) is 13.4. The first-order valence-corrected chi connectivity index (χ1v) is 7.61. The number of thiophene rings is 1. The fraction of sp³-hybridized carbons (Fsp3) is 0.400. The van der Waals surface area contributed by atoms with E-state index < -0.39 is 0 Å². The Kier molecular flexibility index (Phi) is 4.57. The second kappa shape index (κ2) is 6.22. The molecule has 0 bridgehead atoms. The topological polar surface area (TPSA) is 58.1 Å². The number of hydrogen-bond acceptors (Lipinski definition) is 5. The van der Waals surface area contributed by atoms with Crippen LogP contribution in [-0.4, -0.2) is 41.6 Å². The Morgan fingerprint density at radius 1 is 1.29 bits per heavy atom. The number of nitrogens with zero attached hydrogens (tertiary/aromatic N) is 3. The van der Waals surface area contributed by atoms with Crippen LogP contribution in [0.5, 0.6) is 0 Å². The van der Waals surface area contributed by atoms with Crippen LogP contribution in [0.2, 0.25) is 0 Å². The highest BCUT2D eigenvalue weighted by molar-refractivity contribution is 7.10. The highest BCUT2D eigenvalue weighted by Gasteiger charge is 2.21. The number of aromatic nitrogens is 2. The maximum absolute atomic E-state index is 11.7. The summed E-state index contributed by atoms with van der Waals surface area (Å²) in [5.74, 6) is 0.530. The number of hydrogen-bond donors (Lipinski definition) is 1. The summed E-state index contributed by atoms with van der Waals surface area (Å²) < 4.78 is 0. The van der Waals surface area contributed by atoms with E-state index in [2.05, 4.69) is 46.9 Å². The van der Waals surface area contributed by atoms with Gasteiger partial charge in [-0.25, -0.2) is 0 Å². The lowest BCUT2D eigenvalue weighted by Crippen LogP contribution is -2.27. The molecule has 2 aromatic heterocycles. The average molecular weight is 304 g/mol. The zero-order chi connectivity index (χ0) is 15.5. The van der Waals surface area contributed by atoms with Crippen LogP contribution in [0, 0.1) is 0 Å². The van der Waals surface area contributed by atoms with Gasteiger partial charge in [0.25, 0.3) is 5.91 Å². The lowest BCUT2D eigenvalue weighted by atomic mass is 9.91. The first kappa shape index (κ1) is 15.4. The minimum absolute atomic E-state index is 0.0218. The van der Waals surface area contributed by atoms with Crippen molar-refractivity contribution in [2.24, 2.45) is 0 Å². The Morgan fingerprint density at radius 3 is 2.57 bits per heavy atom. The fourth-order valence-electron chi connectivity index (χ4n) is 1.83. The van der Waals surface area contributed by atoms with Crippen LogP contribution in [0.15, 0.2) is 29.6 Å². The summed E-state index contributed by atoms with van der Waals surface area (Å²) in [6, 6.07) is 7.67. The van der Waals surface area contributed by atoms with E-state index in [0.29, 0.717) is 11.5 Å². The van der Waals surface area contributed by atoms with Crippen molar-refractivity contribution in [1.29, 1.82) is 0 Å². The van der Waals surface area contributed by atoms with Gasteiger partial charge in [0.2, 0.25) is 0 Å². The van der Waals surface area contributed by atoms with Crippen LogP contribution in [0.25, 0.3) is 0 Å². The predicted octanol–water partition coefficient (Wildman–Crippen LogP) is 2.63. The van der Waals surface area contributed by atoms with Crippen molar-refractivity contribution >= 4 is 23.1 Å². The number of carbonyl (C=O) groups excluding carboxylic acids is 1. The lowest BCUT2D eigenvalue weighted by molar-refractivity contribution is 0.0821. The van der Waals surface area contributed by atoms with Crippen LogP contribution in [0.4, 0.5) is 5.82 Å². The third-order valence-electron chi connectivity index (χ3n) is 3.19. The van der Waals surface area contributed by atoms with Gasteiger partial charge in [-0.2, -0.15) is 0 Å². The quantitative estimate of drug-likeness (QED) is 0.922. The molecular formula is C15H20N4OS. The molecule has 0 atom stereocenters. The highest BCUT2D eigenvalue weighted by Crippen LogP contribution is 2.27. The van der Waals surface area contributed by atoms with Gasteiger partial charge in [0.05, 0.1) is 0 Å². The molecule has 0 aromatic carbocycles. The van der Waals surface area contributed by atoms with Gasteiger partial charge in [0.1, 0.15) is 5.82 Å². The molecule has 1 N–H and O–H groups in total. The average Bonchev–Trinajstić information content (AvgIpc) is 3.00. The van der Waals surface area contributed by atoms with Crippen molar-refractivity contribution in [3.8, 4) is 0 Å². The van der Waals surface area contributed by atoms with Gasteiger partial charge in [-0.05, 0) is 23.6 Å². The molecule has 0 unspecified atom stereocenters. The maximum Gasteiger partial charge on any atom is 0.273 e. The van der Waals surface area contributed by atoms with Gasteiger partial charge < -0.3 is 10.2 Å². The van der Waals surface area contributed by atoms with Crippen molar-refractivity contribution in [2.75, 3.05) is 26.0 Å². The van der Waals surface area contributed by atoms with Crippen molar-refractivity contribution in [1.82, 2.24) is 15.1 Å². The highest BCUT2D eigenvalue weighted by atomic mass is 32.1. The third kappa shape index (κ3) is 3.78. The number of amides is 1. The molecule has 2 rings (SSSR count). The molecule has 0 saturated heterocycles. The normalized spacial score (nSPS) is 11.2. The zero-order valence-corrected chi connectivity index (χ0v) is 13.6. The number of anilines is 1. The molecule has 2 heterocycles. The summed E-state index contributed by atoms with van der Waals surface area (Å²) in [5.41, 5.74) is 0.372. The van der Waals surface area contributed by atoms with Crippen molar-refractivity contribution < 1.29 is 4.79 Å². The van der Waals surface area contributed by atoms with Crippen LogP contribution >= 0.6 is 11.3 Å². The molecule has 6 heteroatoms. The summed E-state index contributed by atoms with van der Waals surface area (Å²) in [6.07, 6.45) is 0. The Labute approximate surface area is 129 Å². The maximum atomic E-state index is 11.7. The molecule has 0 aliphatic heterocycles. The standard InChI is InChI=1S/C15H20N4OS/c1-15(2,12-6-5-9-21-12)10-16-13-8-7-11(17-18-13)14(20)19(3)4/h5-9H,10H2,1-4H3,(H,16,18). The van der Waals surface area contributed by atoms with Gasteiger partial charge in [-0.15, -0.1) is 21.5 Å². The van der Waals surface area contributed by atoms with Crippen molar-refractivity contribution in [3.05, 3.63) is 40.2 Å². The first-order valence-electron chi connectivity index (χ1n) is 6.73. The van der Waals surface area contributed by atoms with Crippen molar-refractivity contribution in [2.45, 2.75) is 19.3 Å². The molecule has 5 nitrogen and oxygen atoms in total. The van der Waals surface area contributed by atoms with Gasteiger partial charge in [-0.1, -0.05) is 19.9 Å². The molecule has 21 heavy (non-hydrogen) atoms. The number of rotatable bonds is 5. The first-order chi connectivity index (χ1) is 9.90. The zero-order valence-electron chi connectivity index (χ0n) is 12.8. The van der Waals surface area contributed by atoms with E-state index in [1.54, 1.807) is 37.6 Å². The Hall–Kier alpha value is -1.95. The van der Waals surface area contributed by atoms with Gasteiger partial charge in [0.15, 0.2) is 5.69 Å². The largest absolute Gasteiger partial charge is 0.368 e. The van der Waals surface area contributed by atoms with Crippen LogP contribution in [0.3, 0.4) is 0 Å². The van der Waals surface area contributed by atoms with Crippen LogP contribution in [0.1, 0.15) is 29.2 Å². The molecule has 0 aliphatic rings. The lowest BCUT2D eigenvalue weighted by Gasteiger charge is -2.23. The molecule has 0 radical (unpaired) electrons. The van der Waals surface area contributed by atoms with Gasteiger partial charge >= 0.3 is 0 Å². The van der Waals surface area contributed by atoms with E-state index in [1.165, 1.54) is 9.78 Å². The molecule has 0 aliphatic carbocycles. The summed E-state index contributed by atoms with van der Waals surface area (Å²) in [4.78, 5) is 14.5. The second-order valence-electron chi connectivity index (χ2n) is 5.72. The second-order valence-corrected chi connectivity index (χ2v) is 6.67. The Balaban J connectivity index is 2.00. The smallest absolute Gasteiger partial charge is 0.273 e. The minimum Gasteiger partial charge on any atom is -0.368 e. The van der Waals surface area contributed by atoms with E-state index in [9.17, 15) is 4.79 Å². The van der Waals surface area contributed by atoms with E-state index in [4.69, 9.17) is 0 Å². The number of carbonyl (C=O) groups is 1.